The van der Waals surface area contributed by atoms with E-state index in [1.54, 1.807) is 41.3 Å². The van der Waals surface area contributed by atoms with Crippen molar-refractivity contribution in [3.05, 3.63) is 64.7 Å². The van der Waals surface area contributed by atoms with Gasteiger partial charge in [0.2, 0.25) is 5.91 Å². The van der Waals surface area contributed by atoms with E-state index in [1.165, 1.54) is 0 Å². The molecule has 0 unspecified atom stereocenters. The van der Waals surface area contributed by atoms with Crippen molar-refractivity contribution in [3.63, 3.8) is 0 Å². The maximum Gasteiger partial charge on any atom is 0.335 e. The molecule has 1 aliphatic heterocycles. The van der Waals surface area contributed by atoms with E-state index in [1.807, 2.05) is 13.0 Å². The van der Waals surface area contributed by atoms with E-state index in [4.69, 9.17) is 9.84 Å². The van der Waals surface area contributed by atoms with Gasteiger partial charge in [0.15, 0.2) is 5.78 Å². The van der Waals surface area contributed by atoms with Gasteiger partial charge in [-0.3, -0.25) is 9.59 Å². The lowest BCUT2D eigenvalue weighted by molar-refractivity contribution is -0.132. The molecule has 2 aromatic carbocycles. The summed E-state index contributed by atoms with van der Waals surface area (Å²) in [5.41, 5.74) is 2.72. The number of benzene rings is 2. The van der Waals surface area contributed by atoms with Gasteiger partial charge in [-0.1, -0.05) is 13.0 Å². The molecule has 0 atom stereocenters. The second-order valence-electron chi connectivity index (χ2n) is 7.15. The minimum absolute atomic E-state index is 0.0778. The van der Waals surface area contributed by atoms with Crippen molar-refractivity contribution in [2.24, 2.45) is 0 Å². The van der Waals surface area contributed by atoms with Gasteiger partial charge in [-0.25, -0.2) is 4.79 Å². The zero-order valence-corrected chi connectivity index (χ0v) is 16.5. The Kier molecular flexibility index (Phi) is 6.65. The number of ketones is 1. The fourth-order valence-electron chi connectivity index (χ4n) is 3.38. The second-order valence-corrected chi connectivity index (χ2v) is 7.15. The SMILES string of the molecule is CCCOc1ccc(C(=O)CCC(=O)N2CCc3ccc(C(=O)O)cc3C2)cc1. The summed E-state index contributed by atoms with van der Waals surface area (Å²) < 4.78 is 5.51. The van der Waals surface area contributed by atoms with Crippen LogP contribution in [0.15, 0.2) is 42.5 Å². The van der Waals surface area contributed by atoms with Crippen LogP contribution in [0, 0.1) is 0 Å². The number of carbonyl (C=O) groups is 3. The van der Waals surface area contributed by atoms with Crippen molar-refractivity contribution in [1.29, 1.82) is 0 Å². The van der Waals surface area contributed by atoms with Gasteiger partial charge in [0.25, 0.3) is 0 Å². The third-order valence-corrected chi connectivity index (χ3v) is 5.03. The number of aromatic carboxylic acids is 1. The molecule has 0 bridgehead atoms. The number of nitrogens with zero attached hydrogens (tertiary/aromatic N) is 1. The number of Topliss-reactive ketones (excluding diaryl/α,β-unsaturated/α-hetero) is 1. The first-order chi connectivity index (χ1) is 14.0. The van der Waals surface area contributed by atoms with E-state index < -0.39 is 5.97 Å². The third kappa shape index (κ3) is 5.22. The summed E-state index contributed by atoms with van der Waals surface area (Å²) in [6.07, 6.45) is 1.89. The van der Waals surface area contributed by atoms with Crippen LogP contribution in [0.25, 0.3) is 0 Å². The van der Waals surface area contributed by atoms with Crippen LogP contribution < -0.4 is 4.74 Å². The summed E-state index contributed by atoms with van der Waals surface area (Å²) in [6, 6.07) is 12.0. The smallest absolute Gasteiger partial charge is 0.335 e. The normalized spacial score (nSPS) is 12.9. The predicted molar refractivity (Wildman–Crippen MR) is 108 cm³/mol. The number of carboxylic acid groups (broad SMARTS) is 1. The maximum absolute atomic E-state index is 12.6. The Morgan fingerprint density at radius 3 is 2.41 bits per heavy atom. The molecule has 0 spiro atoms. The summed E-state index contributed by atoms with van der Waals surface area (Å²) in [5.74, 6) is -0.418. The Balaban J connectivity index is 1.55. The molecule has 1 heterocycles. The minimum Gasteiger partial charge on any atom is -0.494 e. The van der Waals surface area contributed by atoms with Crippen molar-refractivity contribution in [3.8, 4) is 5.75 Å². The average molecular weight is 395 g/mol. The molecule has 3 rings (SSSR count). The van der Waals surface area contributed by atoms with E-state index in [9.17, 15) is 14.4 Å². The van der Waals surface area contributed by atoms with E-state index in [0.29, 0.717) is 31.7 Å². The van der Waals surface area contributed by atoms with Crippen LogP contribution in [0.4, 0.5) is 0 Å². The van der Waals surface area contributed by atoms with E-state index >= 15 is 0 Å². The molecule has 2 aromatic rings. The summed E-state index contributed by atoms with van der Waals surface area (Å²) in [6.45, 7) is 3.62. The highest BCUT2D eigenvalue weighted by molar-refractivity contribution is 5.98. The lowest BCUT2D eigenvalue weighted by Crippen LogP contribution is -2.36. The van der Waals surface area contributed by atoms with Crippen molar-refractivity contribution in [2.75, 3.05) is 13.2 Å². The molecule has 0 aliphatic carbocycles. The molecule has 1 N–H and O–H groups in total. The Morgan fingerprint density at radius 2 is 1.72 bits per heavy atom. The first-order valence-electron chi connectivity index (χ1n) is 9.87. The molecule has 152 valence electrons. The van der Waals surface area contributed by atoms with Gasteiger partial charge >= 0.3 is 5.97 Å². The van der Waals surface area contributed by atoms with E-state index in [-0.39, 0.29) is 30.1 Å². The molecule has 1 aliphatic rings. The summed E-state index contributed by atoms with van der Waals surface area (Å²) >= 11 is 0. The first-order valence-corrected chi connectivity index (χ1v) is 9.87. The number of carbonyl (C=O) groups excluding carboxylic acids is 2. The third-order valence-electron chi connectivity index (χ3n) is 5.03. The number of rotatable bonds is 8. The first kappa shape index (κ1) is 20.6. The van der Waals surface area contributed by atoms with Crippen LogP contribution in [0.5, 0.6) is 5.75 Å². The fraction of sp³-hybridized carbons (Fsp3) is 0.348. The molecule has 6 nitrogen and oxygen atoms in total. The van der Waals surface area contributed by atoms with Crippen LogP contribution in [0.3, 0.4) is 0 Å². The second kappa shape index (κ2) is 9.37. The van der Waals surface area contributed by atoms with Crippen molar-refractivity contribution in [1.82, 2.24) is 4.90 Å². The molecule has 0 radical (unpaired) electrons. The Hall–Kier alpha value is -3.15. The number of carboxylic acids is 1. The number of fused-ring (bicyclic) bond motifs is 1. The monoisotopic (exact) mass is 395 g/mol. The van der Waals surface area contributed by atoms with Gasteiger partial charge in [0.05, 0.1) is 12.2 Å². The van der Waals surface area contributed by atoms with Gasteiger partial charge in [0.1, 0.15) is 5.75 Å². The van der Waals surface area contributed by atoms with Gasteiger partial charge in [0, 0.05) is 31.5 Å². The number of hydrogen-bond donors (Lipinski definition) is 1. The molecule has 0 aromatic heterocycles. The molecule has 0 fully saturated rings. The minimum atomic E-state index is -0.979. The average Bonchev–Trinajstić information content (AvgIpc) is 2.75. The largest absolute Gasteiger partial charge is 0.494 e. The molecule has 6 heteroatoms. The topological polar surface area (TPSA) is 83.9 Å². The van der Waals surface area contributed by atoms with E-state index in [2.05, 4.69) is 0 Å². The number of amides is 1. The lowest BCUT2D eigenvalue weighted by atomic mass is 9.97. The van der Waals surface area contributed by atoms with Gasteiger partial charge in [-0.05, 0) is 60.4 Å². The van der Waals surface area contributed by atoms with Crippen LogP contribution in [-0.4, -0.2) is 40.8 Å². The maximum atomic E-state index is 12.6. The highest BCUT2D eigenvalue weighted by atomic mass is 16.5. The molecule has 1 amide bonds. The van der Waals surface area contributed by atoms with E-state index in [0.717, 1.165) is 23.3 Å². The highest BCUT2D eigenvalue weighted by Crippen LogP contribution is 2.22. The Bertz CT molecular complexity index is 904. The number of ether oxygens (including phenoxy) is 1. The summed E-state index contributed by atoms with van der Waals surface area (Å²) in [4.78, 5) is 37.8. The van der Waals surface area contributed by atoms with Crippen LogP contribution in [-0.2, 0) is 17.8 Å². The molecule has 0 saturated carbocycles. The Labute approximate surface area is 170 Å². The van der Waals surface area contributed by atoms with Crippen molar-refractivity contribution < 1.29 is 24.2 Å². The number of hydrogen-bond acceptors (Lipinski definition) is 4. The molecule has 0 saturated heterocycles. The van der Waals surface area contributed by atoms with Crippen molar-refractivity contribution >= 4 is 17.7 Å². The fourth-order valence-corrected chi connectivity index (χ4v) is 3.38. The van der Waals surface area contributed by atoms with Crippen LogP contribution >= 0.6 is 0 Å². The summed E-state index contributed by atoms with van der Waals surface area (Å²) in [7, 11) is 0. The lowest BCUT2D eigenvalue weighted by Gasteiger charge is -2.29. The summed E-state index contributed by atoms with van der Waals surface area (Å²) in [5, 5.41) is 9.15. The van der Waals surface area contributed by atoms with Gasteiger partial charge < -0.3 is 14.7 Å². The quantitative estimate of drug-likeness (QED) is 0.689. The zero-order chi connectivity index (χ0) is 20.8. The predicted octanol–water partition coefficient (Wildman–Crippen LogP) is 3.72. The van der Waals surface area contributed by atoms with Crippen molar-refractivity contribution in [2.45, 2.75) is 39.2 Å². The van der Waals surface area contributed by atoms with Gasteiger partial charge in [-0.15, -0.1) is 0 Å². The molecular formula is C23H25NO5. The van der Waals surface area contributed by atoms with Gasteiger partial charge in [-0.2, -0.15) is 0 Å². The molecule has 29 heavy (non-hydrogen) atoms. The standard InChI is InChI=1S/C23H25NO5/c1-2-13-29-20-7-5-17(6-8-20)21(25)9-10-22(26)24-12-11-16-3-4-18(23(27)28)14-19(16)15-24/h3-8,14H,2,9-13,15H2,1H3,(H,27,28). The van der Waals surface area contributed by atoms with Crippen LogP contribution in [0.2, 0.25) is 0 Å². The Morgan fingerprint density at radius 1 is 1.00 bits per heavy atom. The van der Waals surface area contributed by atoms with Crippen LogP contribution in [0.1, 0.15) is 58.0 Å². The highest BCUT2D eigenvalue weighted by Gasteiger charge is 2.22. The molecular weight excluding hydrogens is 370 g/mol. The zero-order valence-electron chi connectivity index (χ0n) is 16.5.